The van der Waals surface area contributed by atoms with Gasteiger partial charge in [0.25, 0.3) is 0 Å². The van der Waals surface area contributed by atoms with Crippen LogP contribution in [0, 0.1) is 5.41 Å². The Morgan fingerprint density at radius 3 is 2.23 bits per heavy atom. The minimum atomic E-state index is -0.186. The normalized spacial score (nSPS) is 14.5. The van der Waals surface area contributed by atoms with Crippen molar-refractivity contribution in [1.82, 2.24) is 10.6 Å². The number of allylic oxidation sites excluding steroid dienone is 1. The van der Waals surface area contributed by atoms with E-state index in [-0.39, 0.29) is 17.4 Å². The van der Waals surface area contributed by atoms with Gasteiger partial charge in [-0.3, -0.25) is 4.79 Å². The van der Waals surface area contributed by atoms with Crippen molar-refractivity contribution in [2.75, 3.05) is 14.1 Å². The van der Waals surface area contributed by atoms with Crippen LogP contribution >= 0.6 is 0 Å². The second kappa shape index (κ2) is 5.02. The summed E-state index contributed by atoms with van der Waals surface area (Å²) in [6, 6.07) is -0.186. The fraction of sp³-hybridized carbons (Fsp3) is 0.700. The van der Waals surface area contributed by atoms with Gasteiger partial charge in [-0.15, -0.1) is 0 Å². The zero-order chi connectivity index (χ0) is 10.5. The molecule has 0 rings (SSSR count). The van der Waals surface area contributed by atoms with Gasteiger partial charge in [0.05, 0.1) is 6.04 Å². The molecule has 3 nitrogen and oxygen atoms in total. The molecule has 0 aromatic carbocycles. The summed E-state index contributed by atoms with van der Waals surface area (Å²) in [5.41, 5.74) is -0.163. The van der Waals surface area contributed by atoms with Crippen LogP contribution in [0.4, 0.5) is 0 Å². The van der Waals surface area contributed by atoms with Gasteiger partial charge in [-0.25, -0.2) is 0 Å². The van der Waals surface area contributed by atoms with Crippen LogP contribution in [-0.2, 0) is 4.79 Å². The summed E-state index contributed by atoms with van der Waals surface area (Å²) in [4.78, 5) is 11.5. The molecule has 0 saturated heterocycles. The monoisotopic (exact) mass is 184 g/mol. The van der Waals surface area contributed by atoms with Gasteiger partial charge in [-0.05, 0) is 14.0 Å². The maximum Gasteiger partial charge on any atom is 0.237 e. The topological polar surface area (TPSA) is 41.1 Å². The Labute approximate surface area is 80.6 Å². The Hall–Kier alpha value is -0.830. The number of nitrogens with one attached hydrogen (secondary N) is 2. The highest BCUT2D eigenvalue weighted by atomic mass is 16.2. The van der Waals surface area contributed by atoms with Crippen LogP contribution in [0.1, 0.15) is 20.8 Å². The van der Waals surface area contributed by atoms with Gasteiger partial charge in [0.15, 0.2) is 0 Å². The van der Waals surface area contributed by atoms with Gasteiger partial charge < -0.3 is 10.6 Å². The molecule has 1 amide bonds. The average molecular weight is 184 g/mol. The molecule has 2 N–H and O–H groups in total. The fourth-order valence-electron chi connectivity index (χ4n) is 1.51. The van der Waals surface area contributed by atoms with E-state index in [1.807, 2.05) is 32.9 Å². The van der Waals surface area contributed by atoms with Crippen molar-refractivity contribution in [3.8, 4) is 0 Å². The Morgan fingerprint density at radius 1 is 1.38 bits per heavy atom. The molecule has 0 unspecified atom stereocenters. The van der Waals surface area contributed by atoms with Crippen molar-refractivity contribution < 1.29 is 4.79 Å². The third kappa shape index (κ3) is 3.19. The van der Waals surface area contributed by atoms with E-state index in [1.54, 1.807) is 14.1 Å². The van der Waals surface area contributed by atoms with E-state index in [4.69, 9.17) is 0 Å². The van der Waals surface area contributed by atoms with Crippen LogP contribution in [0.25, 0.3) is 0 Å². The van der Waals surface area contributed by atoms with Crippen LogP contribution in [-0.4, -0.2) is 26.0 Å². The minimum absolute atomic E-state index is 0.0191. The van der Waals surface area contributed by atoms with Crippen LogP contribution in [0.5, 0.6) is 0 Å². The number of hydrogen-bond acceptors (Lipinski definition) is 2. The maximum absolute atomic E-state index is 11.5. The number of carbonyl (C=O) groups is 1. The third-order valence-electron chi connectivity index (χ3n) is 2.14. The molecule has 0 aromatic rings. The SMILES string of the molecule is C/C=C\C(C)(C)[C@H](NC)C(=O)NC. The summed E-state index contributed by atoms with van der Waals surface area (Å²) < 4.78 is 0. The van der Waals surface area contributed by atoms with Gasteiger partial charge in [0, 0.05) is 12.5 Å². The quantitative estimate of drug-likeness (QED) is 0.638. The third-order valence-corrected chi connectivity index (χ3v) is 2.14. The number of amides is 1. The fourth-order valence-corrected chi connectivity index (χ4v) is 1.51. The zero-order valence-corrected chi connectivity index (χ0v) is 9.14. The van der Waals surface area contributed by atoms with Crippen molar-refractivity contribution in [2.24, 2.45) is 5.41 Å². The van der Waals surface area contributed by atoms with E-state index in [0.29, 0.717) is 0 Å². The molecule has 3 heteroatoms. The minimum Gasteiger partial charge on any atom is -0.358 e. The molecule has 0 aromatic heterocycles. The van der Waals surface area contributed by atoms with E-state index < -0.39 is 0 Å². The number of hydrogen-bond donors (Lipinski definition) is 2. The predicted octanol–water partition coefficient (Wildman–Crippen LogP) is 0.923. The van der Waals surface area contributed by atoms with Crippen molar-refractivity contribution >= 4 is 5.91 Å². The molecular weight excluding hydrogens is 164 g/mol. The van der Waals surface area contributed by atoms with Crippen LogP contribution in [0.15, 0.2) is 12.2 Å². The smallest absolute Gasteiger partial charge is 0.237 e. The zero-order valence-electron chi connectivity index (χ0n) is 9.14. The molecule has 0 heterocycles. The number of carbonyl (C=O) groups excluding carboxylic acids is 1. The van der Waals surface area contributed by atoms with Crippen LogP contribution in [0.3, 0.4) is 0 Å². The first-order valence-corrected chi connectivity index (χ1v) is 4.52. The lowest BCUT2D eigenvalue weighted by molar-refractivity contribution is -0.124. The molecular formula is C10H20N2O. The molecule has 0 aliphatic carbocycles. The Balaban J connectivity index is 4.64. The number of likely N-dealkylation sites (N-methyl/N-ethyl adjacent to an activating group) is 2. The van der Waals surface area contributed by atoms with Crippen molar-refractivity contribution in [3.63, 3.8) is 0 Å². The molecule has 0 spiro atoms. The van der Waals surface area contributed by atoms with Gasteiger partial charge in [-0.2, -0.15) is 0 Å². The van der Waals surface area contributed by atoms with E-state index in [1.165, 1.54) is 0 Å². The number of rotatable bonds is 4. The standard InChI is InChI=1S/C10H20N2O/c1-6-7-10(2,3)8(11-4)9(13)12-5/h6-8,11H,1-5H3,(H,12,13)/b7-6-/t8-/m1/s1. The lowest BCUT2D eigenvalue weighted by Crippen LogP contribution is -2.49. The van der Waals surface area contributed by atoms with Gasteiger partial charge in [0.2, 0.25) is 5.91 Å². The second-order valence-electron chi connectivity index (χ2n) is 3.66. The summed E-state index contributed by atoms with van der Waals surface area (Å²) in [6.07, 6.45) is 4.00. The molecule has 0 fully saturated rings. The Morgan fingerprint density at radius 2 is 1.92 bits per heavy atom. The Kier molecular flexibility index (Phi) is 4.70. The molecule has 13 heavy (non-hydrogen) atoms. The molecule has 0 aliphatic heterocycles. The molecule has 0 saturated carbocycles. The largest absolute Gasteiger partial charge is 0.358 e. The summed E-state index contributed by atoms with van der Waals surface area (Å²) in [6.45, 7) is 6.02. The molecule has 1 atom stereocenters. The summed E-state index contributed by atoms with van der Waals surface area (Å²) in [7, 11) is 3.45. The molecule has 0 aliphatic rings. The lowest BCUT2D eigenvalue weighted by atomic mass is 9.83. The van der Waals surface area contributed by atoms with Gasteiger partial charge in [-0.1, -0.05) is 26.0 Å². The van der Waals surface area contributed by atoms with Gasteiger partial charge in [0.1, 0.15) is 0 Å². The van der Waals surface area contributed by atoms with Crippen LogP contribution < -0.4 is 10.6 Å². The molecule has 0 bridgehead atoms. The molecule has 0 radical (unpaired) electrons. The summed E-state index contributed by atoms with van der Waals surface area (Å²) in [5.74, 6) is 0.0191. The maximum atomic E-state index is 11.5. The van der Waals surface area contributed by atoms with E-state index in [0.717, 1.165) is 0 Å². The molecule has 76 valence electrons. The first-order valence-electron chi connectivity index (χ1n) is 4.52. The van der Waals surface area contributed by atoms with E-state index >= 15 is 0 Å². The first-order chi connectivity index (χ1) is 5.99. The highest BCUT2D eigenvalue weighted by Gasteiger charge is 2.30. The van der Waals surface area contributed by atoms with Crippen molar-refractivity contribution in [2.45, 2.75) is 26.8 Å². The van der Waals surface area contributed by atoms with E-state index in [9.17, 15) is 4.79 Å². The summed E-state index contributed by atoms with van der Waals surface area (Å²) in [5, 5.41) is 5.66. The van der Waals surface area contributed by atoms with E-state index in [2.05, 4.69) is 10.6 Å². The predicted molar refractivity (Wildman–Crippen MR) is 55.5 cm³/mol. The lowest BCUT2D eigenvalue weighted by Gasteiger charge is -2.29. The van der Waals surface area contributed by atoms with Gasteiger partial charge >= 0.3 is 0 Å². The first kappa shape index (κ1) is 12.2. The van der Waals surface area contributed by atoms with Crippen molar-refractivity contribution in [3.05, 3.63) is 12.2 Å². The highest BCUT2D eigenvalue weighted by Crippen LogP contribution is 2.22. The summed E-state index contributed by atoms with van der Waals surface area (Å²) >= 11 is 0. The average Bonchev–Trinajstić information content (AvgIpc) is 2.04. The van der Waals surface area contributed by atoms with Crippen LogP contribution in [0.2, 0.25) is 0 Å². The van der Waals surface area contributed by atoms with Crippen molar-refractivity contribution in [1.29, 1.82) is 0 Å². The highest BCUT2D eigenvalue weighted by molar-refractivity contribution is 5.82. The Bertz CT molecular complexity index is 197. The second-order valence-corrected chi connectivity index (χ2v) is 3.66.